The van der Waals surface area contributed by atoms with Crippen LogP contribution in [-0.4, -0.2) is 32.9 Å². The second-order valence-electron chi connectivity index (χ2n) is 6.62. The zero-order valence-electron chi connectivity index (χ0n) is 16.0. The third-order valence-electron chi connectivity index (χ3n) is 3.92. The molecule has 8 nitrogen and oxygen atoms in total. The van der Waals surface area contributed by atoms with Crippen molar-refractivity contribution in [2.45, 2.75) is 38.3 Å². The van der Waals surface area contributed by atoms with Crippen LogP contribution in [-0.2, 0) is 30.9 Å². The van der Waals surface area contributed by atoms with Gasteiger partial charge in [-0.2, -0.15) is 4.72 Å². The lowest BCUT2D eigenvalue weighted by atomic mass is 10.1. The van der Waals surface area contributed by atoms with E-state index in [-0.39, 0.29) is 17.4 Å². The van der Waals surface area contributed by atoms with Gasteiger partial charge in [-0.15, -0.1) is 0 Å². The number of esters is 1. The molecule has 1 aromatic carbocycles. The highest BCUT2D eigenvalue weighted by Crippen LogP contribution is 2.13. The molecule has 9 heteroatoms. The molecule has 0 aliphatic carbocycles. The van der Waals surface area contributed by atoms with E-state index in [2.05, 4.69) is 10.0 Å². The minimum atomic E-state index is -3.91. The summed E-state index contributed by atoms with van der Waals surface area (Å²) in [6.45, 7) is 4.85. The van der Waals surface area contributed by atoms with E-state index in [1.54, 1.807) is 38.1 Å². The van der Waals surface area contributed by atoms with Crippen LogP contribution in [0.15, 0.2) is 52.0 Å². The molecule has 0 spiro atoms. The normalized spacial score (nSPS) is 12.6. The van der Waals surface area contributed by atoms with Gasteiger partial charge >= 0.3 is 5.97 Å². The van der Waals surface area contributed by atoms with E-state index in [4.69, 9.17) is 9.15 Å². The highest BCUT2D eigenvalue weighted by molar-refractivity contribution is 7.89. The number of sulfonamides is 1. The minimum absolute atomic E-state index is 0.0488. The minimum Gasteiger partial charge on any atom is -0.467 e. The maximum atomic E-state index is 12.5. The molecule has 1 amide bonds. The number of aryl methyl sites for hydroxylation is 1. The van der Waals surface area contributed by atoms with Crippen molar-refractivity contribution in [2.75, 3.05) is 6.61 Å². The fraction of sp³-hybridized carbons (Fsp3) is 0.368. The Kier molecular flexibility index (Phi) is 7.36. The van der Waals surface area contributed by atoms with Crippen molar-refractivity contribution >= 4 is 21.9 Å². The van der Waals surface area contributed by atoms with Crippen LogP contribution in [0.4, 0.5) is 0 Å². The van der Waals surface area contributed by atoms with E-state index in [1.165, 1.54) is 18.4 Å². The SMILES string of the molecule is Cc1ccc(S(=O)(=O)N[C@H](C(=O)OCC(=O)NCc2ccco2)C(C)C)cc1. The highest BCUT2D eigenvalue weighted by atomic mass is 32.2. The zero-order valence-corrected chi connectivity index (χ0v) is 16.8. The van der Waals surface area contributed by atoms with E-state index >= 15 is 0 Å². The molecule has 0 saturated heterocycles. The van der Waals surface area contributed by atoms with E-state index in [1.807, 2.05) is 6.92 Å². The van der Waals surface area contributed by atoms with Crippen LogP contribution in [0.5, 0.6) is 0 Å². The number of hydrogen-bond donors (Lipinski definition) is 2. The van der Waals surface area contributed by atoms with Gasteiger partial charge in [0, 0.05) is 0 Å². The third kappa shape index (κ3) is 6.21. The first-order valence-electron chi connectivity index (χ1n) is 8.74. The Bertz CT molecular complexity index is 889. The Morgan fingerprint density at radius 2 is 1.82 bits per heavy atom. The fourth-order valence-corrected chi connectivity index (χ4v) is 3.62. The van der Waals surface area contributed by atoms with Crippen LogP contribution in [0.25, 0.3) is 0 Å². The molecular formula is C19H24N2O6S. The molecule has 2 aromatic rings. The summed E-state index contributed by atoms with van der Waals surface area (Å²) in [7, 11) is -3.91. The van der Waals surface area contributed by atoms with Gasteiger partial charge < -0.3 is 14.5 Å². The number of furan rings is 1. The van der Waals surface area contributed by atoms with Gasteiger partial charge in [0.05, 0.1) is 17.7 Å². The number of rotatable bonds is 9. The molecule has 1 atom stereocenters. The molecule has 1 heterocycles. The average Bonchev–Trinajstić information content (AvgIpc) is 3.16. The van der Waals surface area contributed by atoms with Gasteiger partial charge in [-0.3, -0.25) is 9.59 Å². The third-order valence-corrected chi connectivity index (χ3v) is 5.38. The molecule has 2 N–H and O–H groups in total. The highest BCUT2D eigenvalue weighted by Gasteiger charge is 2.30. The molecule has 0 unspecified atom stereocenters. The Morgan fingerprint density at radius 3 is 2.39 bits per heavy atom. The quantitative estimate of drug-likeness (QED) is 0.611. The van der Waals surface area contributed by atoms with Crippen LogP contribution in [0.3, 0.4) is 0 Å². The number of hydrogen-bond acceptors (Lipinski definition) is 6. The van der Waals surface area contributed by atoms with Crippen molar-refractivity contribution in [1.29, 1.82) is 0 Å². The van der Waals surface area contributed by atoms with Crippen molar-refractivity contribution in [2.24, 2.45) is 5.92 Å². The number of benzene rings is 1. The van der Waals surface area contributed by atoms with E-state index in [9.17, 15) is 18.0 Å². The van der Waals surface area contributed by atoms with Crippen molar-refractivity contribution in [3.8, 4) is 0 Å². The van der Waals surface area contributed by atoms with Crippen molar-refractivity contribution in [3.63, 3.8) is 0 Å². The van der Waals surface area contributed by atoms with Gasteiger partial charge in [-0.25, -0.2) is 8.42 Å². The molecule has 0 bridgehead atoms. The summed E-state index contributed by atoms with van der Waals surface area (Å²) < 4.78 is 37.5. The second kappa shape index (κ2) is 9.52. The number of carbonyl (C=O) groups is 2. The average molecular weight is 408 g/mol. The summed E-state index contributed by atoms with van der Waals surface area (Å²) in [5.74, 6) is -1.16. The van der Waals surface area contributed by atoms with Gasteiger partial charge in [0.15, 0.2) is 6.61 Å². The Balaban J connectivity index is 1.93. The number of ether oxygens (including phenoxy) is 1. The largest absolute Gasteiger partial charge is 0.467 e. The molecule has 2 rings (SSSR count). The first kappa shape index (κ1) is 21.6. The molecule has 0 aliphatic heterocycles. The maximum absolute atomic E-state index is 12.5. The van der Waals surface area contributed by atoms with Crippen molar-refractivity contribution in [1.82, 2.24) is 10.0 Å². The maximum Gasteiger partial charge on any atom is 0.324 e. The van der Waals surface area contributed by atoms with Crippen LogP contribution in [0.2, 0.25) is 0 Å². The molecule has 0 radical (unpaired) electrons. The summed E-state index contributed by atoms with van der Waals surface area (Å²) in [5.41, 5.74) is 0.916. The predicted octanol–water partition coefficient (Wildman–Crippen LogP) is 1.75. The molecule has 0 fully saturated rings. The summed E-state index contributed by atoms with van der Waals surface area (Å²) in [6, 6.07) is 8.52. The topological polar surface area (TPSA) is 115 Å². The first-order valence-corrected chi connectivity index (χ1v) is 10.2. The van der Waals surface area contributed by atoms with E-state index < -0.39 is 34.5 Å². The summed E-state index contributed by atoms with van der Waals surface area (Å²) in [4.78, 5) is 24.2. The first-order chi connectivity index (χ1) is 13.2. The second-order valence-corrected chi connectivity index (χ2v) is 8.33. The molecule has 0 saturated carbocycles. The predicted molar refractivity (Wildman–Crippen MR) is 102 cm³/mol. The molecular weight excluding hydrogens is 384 g/mol. The number of carbonyl (C=O) groups excluding carboxylic acids is 2. The summed E-state index contributed by atoms with van der Waals surface area (Å²) in [5, 5.41) is 2.54. The molecule has 28 heavy (non-hydrogen) atoms. The smallest absolute Gasteiger partial charge is 0.324 e. The molecule has 152 valence electrons. The van der Waals surface area contributed by atoms with Crippen LogP contribution in [0, 0.1) is 12.8 Å². The lowest BCUT2D eigenvalue weighted by molar-refractivity contribution is -0.151. The van der Waals surface area contributed by atoms with E-state index in [0.717, 1.165) is 5.56 Å². The lowest BCUT2D eigenvalue weighted by Crippen LogP contribution is -2.46. The number of amides is 1. The van der Waals surface area contributed by atoms with Gasteiger partial charge in [-0.1, -0.05) is 31.5 Å². The standard InChI is InChI=1S/C19H24N2O6S/c1-13(2)18(21-28(24,25)16-8-6-14(3)7-9-16)19(23)27-12-17(22)20-11-15-5-4-10-26-15/h4-10,13,18,21H,11-12H2,1-3H3,(H,20,22)/t18-/m0/s1. The summed E-state index contributed by atoms with van der Waals surface area (Å²) in [6.07, 6.45) is 1.48. The monoisotopic (exact) mass is 408 g/mol. The summed E-state index contributed by atoms with van der Waals surface area (Å²) >= 11 is 0. The van der Waals surface area contributed by atoms with Gasteiger partial charge in [0.1, 0.15) is 11.8 Å². The van der Waals surface area contributed by atoms with Crippen LogP contribution >= 0.6 is 0 Å². The molecule has 0 aliphatic rings. The van der Waals surface area contributed by atoms with Crippen molar-refractivity contribution < 1.29 is 27.2 Å². The van der Waals surface area contributed by atoms with Gasteiger partial charge in [0.2, 0.25) is 10.0 Å². The Morgan fingerprint density at radius 1 is 1.14 bits per heavy atom. The van der Waals surface area contributed by atoms with Crippen molar-refractivity contribution in [3.05, 3.63) is 54.0 Å². The van der Waals surface area contributed by atoms with Crippen LogP contribution < -0.4 is 10.0 Å². The Hall–Kier alpha value is -2.65. The fourth-order valence-electron chi connectivity index (χ4n) is 2.29. The number of nitrogens with one attached hydrogen (secondary N) is 2. The lowest BCUT2D eigenvalue weighted by Gasteiger charge is -2.20. The molecule has 1 aromatic heterocycles. The van der Waals surface area contributed by atoms with Gasteiger partial charge in [-0.05, 0) is 37.1 Å². The Labute approximate surface area is 164 Å². The van der Waals surface area contributed by atoms with Gasteiger partial charge in [0.25, 0.3) is 5.91 Å². The van der Waals surface area contributed by atoms with Crippen LogP contribution in [0.1, 0.15) is 25.2 Å². The zero-order chi connectivity index (χ0) is 20.7. The van der Waals surface area contributed by atoms with E-state index in [0.29, 0.717) is 5.76 Å².